The smallest absolute Gasteiger partial charge is 0.0789 e. The number of aliphatic imine (C=N–C) groups is 1. The highest BCUT2D eigenvalue weighted by molar-refractivity contribution is 5.74. The van der Waals surface area contributed by atoms with Gasteiger partial charge in [-0.05, 0) is 31.1 Å². The van der Waals surface area contributed by atoms with Crippen LogP contribution in [0.15, 0.2) is 34.1 Å². The molecule has 52 valence electrons. The van der Waals surface area contributed by atoms with E-state index < -0.39 is 0 Å². The van der Waals surface area contributed by atoms with Crippen molar-refractivity contribution in [3.8, 4) is 0 Å². The predicted molar refractivity (Wildman–Crippen MR) is 44.1 cm³/mol. The van der Waals surface area contributed by atoms with Crippen molar-refractivity contribution >= 4 is 6.21 Å². The third kappa shape index (κ3) is 1.71. The quantitative estimate of drug-likeness (QED) is 0.487. The summed E-state index contributed by atoms with van der Waals surface area (Å²) >= 11 is 0. The van der Waals surface area contributed by atoms with Crippen LogP contribution in [-0.4, -0.2) is 6.21 Å². The van der Waals surface area contributed by atoms with Gasteiger partial charge in [0.2, 0.25) is 0 Å². The van der Waals surface area contributed by atoms with Crippen LogP contribution in [-0.2, 0) is 0 Å². The van der Waals surface area contributed by atoms with Gasteiger partial charge < -0.3 is 0 Å². The fourth-order valence-corrected chi connectivity index (χ4v) is 0.747. The van der Waals surface area contributed by atoms with E-state index in [1.165, 1.54) is 5.57 Å². The van der Waals surface area contributed by atoms with Crippen molar-refractivity contribution in [1.29, 1.82) is 0 Å². The molecule has 0 saturated carbocycles. The zero-order valence-corrected chi connectivity index (χ0v) is 6.39. The van der Waals surface area contributed by atoms with Gasteiger partial charge in [0, 0.05) is 6.21 Å². The maximum absolute atomic E-state index is 4.09. The zero-order chi connectivity index (χ0) is 7.40. The molecule has 0 aliphatic carbocycles. The van der Waals surface area contributed by atoms with Crippen LogP contribution in [0.4, 0.5) is 0 Å². The van der Waals surface area contributed by atoms with Crippen LogP contribution in [0, 0.1) is 0 Å². The van der Waals surface area contributed by atoms with Crippen LogP contribution in [0.25, 0.3) is 0 Å². The van der Waals surface area contributed by atoms with Crippen molar-refractivity contribution in [3.05, 3.63) is 29.2 Å². The van der Waals surface area contributed by atoms with Crippen molar-refractivity contribution in [2.24, 2.45) is 4.99 Å². The van der Waals surface area contributed by atoms with E-state index in [2.05, 4.69) is 17.6 Å². The molecule has 1 aliphatic rings. The van der Waals surface area contributed by atoms with Gasteiger partial charge in [-0.2, -0.15) is 0 Å². The van der Waals surface area contributed by atoms with Gasteiger partial charge in [-0.1, -0.05) is 12.7 Å². The number of rotatable bonds is 1. The first-order valence-electron chi connectivity index (χ1n) is 3.49. The second-order valence-electron chi connectivity index (χ2n) is 2.25. The lowest BCUT2D eigenvalue weighted by atomic mass is 10.2. The molecule has 1 rings (SSSR count). The van der Waals surface area contributed by atoms with Crippen molar-refractivity contribution in [2.45, 2.75) is 20.3 Å². The van der Waals surface area contributed by atoms with E-state index >= 15 is 0 Å². The first-order valence-corrected chi connectivity index (χ1v) is 3.49. The van der Waals surface area contributed by atoms with E-state index in [-0.39, 0.29) is 0 Å². The Morgan fingerprint density at radius 3 is 3.10 bits per heavy atom. The summed E-state index contributed by atoms with van der Waals surface area (Å²) in [4.78, 5) is 4.09. The van der Waals surface area contributed by atoms with E-state index in [1.807, 2.05) is 25.3 Å². The molecule has 0 aromatic heterocycles. The fraction of sp³-hybridized carbons (Fsp3) is 0.333. The maximum Gasteiger partial charge on any atom is 0.0789 e. The molecule has 0 amide bonds. The van der Waals surface area contributed by atoms with Crippen LogP contribution in [0.3, 0.4) is 0 Å². The number of hydrogen-bond acceptors (Lipinski definition) is 1. The summed E-state index contributed by atoms with van der Waals surface area (Å²) in [6.07, 6.45) is 6.88. The van der Waals surface area contributed by atoms with Crippen molar-refractivity contribution in [3.63, 3.8) is 0 Å². The molecule has 0 saturated heterocycles. The highest BCUT2D eigenvalue weighted by atomic mass is 14.7. The van der Waals surface area contributed by atoms with Gasteiger partial charge in [0.05, 0.1) is 5.70 Å². The Kier molecular flexibility index (Phi) is 2.24. The number of nitrogens with zero attached hydrogens (tertiary/aromatic N) is 1. The molecule has 1 heteroatoms. The Bertz CT molecular complexity index is 237. The maximum atomic E-state index is 4.09. The minimum atomic E-state index is 0.944. The van der Waals surface area contributed by atoms with Gasteiger partial charge in [0.15, 0.2) is 0 Å². The van der Waals surface area contributed by atoms with Crippen molar-refractivity contribution in [2.75, 3.05) is 0 Å². The Hall–Kier alpha value is -1.07. The molecule has 0 atom stereocenters. The van der Waals surface area contributed by atoms with Gasteiger partial charge in [0.1, 0.15) is 0 Å². The highest BCUT2D eigenvalue weighted by Crippen LogP contribution is 2.04. The summed E-state index contributed by atoms with van der Waals surface area (Å²) in [5, 5.41) is 0. The molecular weight excluding hydrogens is 122 g/mol. The lowest BCUT2D eigenvalue weighted by molar-refractivity contribution is 1.16. The highest BCUT2D eigenvalue weighted by Gasteiger charge is 1.88. The Morgan fingerprint density at radius 1 is 1.60 bits per heavy atom. The largest absolute Gasteiger partial charge is 0.253 e. The van der Waals surface area contributed by atoms with Crippen LogP contribution >= 0.6 is 0 Å². The molecule has 1 aliphatic heterocycles. The fourth-order valence-electron chi connectivity index (χ4n) is 0.747. The third-order valence-electron chi connectivity index (χ3n) is 1.43. The Labute approximate surface area is 61.5 Å². The Morgan fingerprint density at radius 2 is 2.40 bits per heavy atom. The minimum Gasteiger partial charge on any atom is -0.253 e. The first kappa shape index (κ1) is 7.04. The topological polar surface area (TPSA) is 12.4 Å². The molecule has 0 aromatic rings. The SMILES string of the molecule is CCC1=CC=NC(C)=C=C1. The summed E-state index contributed by atoms with van der Waals surface area (Å²) < 4.78 is 0. The molecule has 0 fully saturated rings. The summed E-state index contributed by atoms with van der Waals surface area (Å²) in [5.41, 5.74) is 5.29. The van der Waals surface area contributed by atoms with Gasteiger partial charge in [-0.25, -0.2) is 0 Å². The van der Waals surface area contributed by atoms with Crippen LogP contribution < -0.4 is 0 Å². The first-order chi connectivity index (χ1) is 4.83. The van der Waals surface area contributed by atoms with Gasteiger partial charge in [-0.15, -0.1) is 0 Å². The van der Waals surface area contributed by atoms with Crippen LogP contribution in [0.2, 0.25) is 0 Å². The van der Waals surface area contributed by atoms with Crippen molar-refractivity contribution < 1.29 is 0 Å². The summed E-state index contributed by atoms with van der Waals surface area (Å²) in [7, 11) is 0. The van der Waals surface area contributed by atoms with Crippen molar-refractivity contribution in [1.82, 2.24) is 0 Å². The lowest BCUT2D eigenvalue weighted by Crippen LogP contribution is -1.72. The average molecular weight is 133 g/mol. The normalized spacial score (nSPS) is 16.2. The standard InChI is InChI=1S/C9H11N/c1-3-9-5-4-8(2)10-7-6-9/h5-7H,3H2,1-2H3. The molecule has 0 N–H and O–H groups in total. The second kappa shape index (κ2) is 3.19. The molecule has 1 nitrogen and oxygen atoms in total. The zero-order valence-electron chi connectivity index (χ0n) is 6.39. The molecule has 10 heavy (non-hydrogen) atoms. The predicted octanol–water partition coefficient (Wildman–Crippen LogP) is 2.47. The molecule has 0 radical (unpaired) electrons. The van der Waals surface area contributed by atoms with E-state index in [0.29, 0.717) is 0 Å². The Balaban J connectivity index is 2.91. The summed E-state index contributed by atoms with van der Waals surface area (Å²) in [6.45, 7) is 4.07. The van der Waals surface area contributed by atoms with E-state index in [0.717, 1.165) is 12.1 Å². The van der Waals surface area contributed by atoms with E-state index in [1.54, 1.807) is 0 Å². The monoisotopic (exact) mass is 133 g/mol. The molecule has 0 aromatic carbocycles. The summed E-state index contributed by atoms with van der Waals surface area (Å²) in [6, 6.07) is 0. The lowest BCUT2D eigenvalue weighted by Gasteiger charge is -1.87. The molecule has 0 bridgehead atoms. The molecule has 0 unspecified atom stereocenters. The molecule has 0 spiro atoms. The van der Waals surface area contributed by atoms with Gasteiger partial charge >= 0.3 is 0 Å². The minimum absolute atomic E-state index is 0.944. The molecule has 1 heterocycles. The van der Waals surface area contributed by atoms with Crippen LogP contribution in [0.1, 0.15) is 20.3 Å². The van der Waals surface area contributed by atoms with Crippen LogP contribution in [0.5, 0.6) is 0 Å². The number of hydrogen-bond donors (Lipinski definition) is 0. The van der Waals surface area contributed by atoms with Gasteiger partial charge in [0.25, 0.3) is 0 Å². The number of allylic oxidation sites excluding steroid dienone is 3. The second-order valence-corrected chi connectivity index (χ2v) is 2.25. The van der Waals surface area contributed by atoms with Gasteiger partial charge in [-0.3, -0.25) is 4.99 Å². The van der Waals surface area contributed by atoms with E-state index in [9.17, 15) is 0 Å². The third-order valence-corrected chi connectivity index (χ3v) is 1.43. The van der Waals surface area contributed by atoms with E-state index in [4.69, 9.17) is 0 Å². The average Bonchev–Trinajstić information content (AvgIpc) is 2.14. The molecular formula is C9H11N. The summed E-state index contributed by atoms with van der Waals surface area (Å²) in [5.74, 6) is 0.